The van der Waals surface area contributed by atoms with E-state index in [4.69, 9.17) is 5.73 Å². The van der Waals surface area contributed by atoms with Gasteiger partial charge in [-0.25, -0.2) is 4.98 Å². The van der Waals surface area contributed by atoms with Crippen LogP contribution >= 0.6 is 15.9 Å². The highest BCUT2D eigenvalue weighted by Gasteiger charge is 2.28. The van der Waals surface area contributed by atoms with Crippen LogP contribution in [0.1, 0.15) is 12.8 Å². The minimum absolute atomic E-state index is 0.156. The van der Waals surface area contributed by atoms with E-state index in [2.05, 4.69) is 31.5 Å². The van der Waals surface area contributed by atoms with Crippen molar-refractivity contribution in [2.45, 2.75) is 12.8 Å². The van der Waals surface area contributed by atoms with Gasteiger partial charge in [-0.3, -0.25) is 4.79 Å². The van der Waals surface area contributed by atoms with Crippen molar-refractivity contribution >= 4 is 33.3 Å². The molecule has 1 aliphatic rings. The Labute approximate surface area is 108 Å². The van der Waals surface area contributed by atoms with E-state index in [1.165, 1.54) is 0 Å². The predicted octanol–water partition coefficient (Wildman–Crippen LogP) is 1.36. The molecule has 1 fully saturated rings. The Bertz CT molecular complexity index is 420. The molecule has 1 aromatic rings. The SMILES string of the molecule is Nc1cc(Br)cnc1NCCNC(=O)C1CC1. The Morgan fingerprint density at radius 3 is 2.94 bits per heavy atom. The van der Waals surface area contributed by atoms with Crippen LogP contribution in [0.25, 0.3) is 0 Å². The number of hydrogen-bond donors (Lipinski definition) is 3. The standard InChI is InChI=1S/C11H15BrN4O/c12-8-5-9(13)10(16-6-8)14-3-4-15-11(17)7-1-2-7/h5-7H,1-4,13H2,(H,14,16)(H,15,17). The third-order valence-corrected chi connectivity index (χ3v) is 2.98. The molecule has 1 aromatic heterocycles. The minimum atomic E-state index is 0.156. The van der Waals surface area contributed by atoms with E-state index in [0.717, 1.165) is 17.3 Å². The fourth-order valence-electron chi connectivity index (χ4n) is 1.46. The molecular formula is C11H15BrN4O. The van der Waals surface area contributed by atoms with Gasteiger partial charge in [-0.2, -0.15) is 0 Å². The highest BCUT2D eigenvalue weighted by Crippen LogP contribution is 2.28. The lowest BCUT2D eigenvalue weighted by Crippen LogP contribution is -2.30. The molecule has 1 saturated carbocycles. The molecule has 2 rings (SSSR count). The number of amides is 1. The Kier molecular flexibility index (Phi) is 3.83. The number of hydrogen-bond acceptors (Lipinski definition) is 4. The van der Waals surface area contributed by atoms with Crippen LogP contribution in [0.5, 0.6) is 0 Å². The molecule has 0 saturated heterocycles. The van der Waals surface area contributed by atoms with E-state index in [0.29, 0.717) is 24.6 Å². The zero-order valence-electron chi connectivity index (χ0n) is 9.37. The lowest BCUT2D eigenvalue weighted by atomic mass is 10.4. The maximum absolute atomic E-state index is 11.3. The summed E-state index contributed by atoms with van der Waals surface area (Å²) in [6.45, 7) is 1.21. The summed E-state index contributed by atoms with van der Waals surface area (Å²) in [6, 6.07) is 1.79. The van der Waals surface area contributed by atoms with Crippen LogP contribution in [0.15, 0.2) is 16.7 Å². The number of rotatable bonds is 5. The van der Waals surface area contributed by atoms with Gasteiger partial charge < -0.3 is 16.4 Å². The largest absolute Gasteiger partial charge is 0.396 e. The normalized spacial score (nSPS) is 14.4. The Balaban J connectivity index is 1.72. The van der Waals surface area contributed by atoms with Crippen molar-refractivity contribution in [3.63, 3.8) is 0 Å². The average Bonchev–Trinajstić information content (AvgIpc) is 3.10. The molecule has 6 heteroatoms. The summed E-state index contributed by atoms with van der Waals surface area (Å²) in [5.74, 6) is 1.06. The topological polar surface area (TPSA) is 80.0 Å². The van der Waals surface area contributed by atoms with E-state index in [-0.39, 0.29) is 11.8 Å². The van der Waals surface area contributed by atoms with E-state index in [1.807, 2.05) is 0 Å². The predicted molar refractivity (Wildman–Crippen MR) is 70.6 cm³/mol. The Hall–Kier alpha value is -1.30. The first-order valence-corrected chi connectivity index (χ1v) is 6.38. The molecule has 1 heterocycles. The van der Waals surface area contributed by atoms with Crippen molar-refractivity contribution in [2.75, 3.05) is 24.1 Å². The number of aromatic nitrogens is 1. The van der Waals surface area contributed by atoms with Gasteiger partial charge >= 0.3 is 0 Å². The number of carbonyl (C=O) groups excluding carboxylic acids is 1. The van der Waals surface area contributed by atoms with E-state index >= 15 is 0 Å². The molecule has 0 aromatic carbocycles. The number of nitrogens with two attached hydrogens (primary N) is 1. The first kappa shape index (κ1) is 12.2. The Morgan fingerprint density at radius 2 is 2.29 bits per heavy atom. The van der Waals surface area contributed by atoms with Crippen molar-refractivity contribution in [2.24, 2.45) is 5.92 Å². The van der Waals surface area contributed by atoms with Crippen molar-refractivity contribution in [3.05, 3.63) is 16.7 Å². The van der Waals surface area contributed by atoms with Crippen molar-refractivity contribution in [1.29, 1.82) is 0 Å². The first-order chi connectivity index (χ1) is 8.16. The Morgan fingerprint density at radius 1 is 1.53 bits per heavy atom. The highest BCUT2D eigenvalue weighted by molar-refractivity contribution is 9.10. The van der Waals surface area contributed by atoms with Gasteiger partial charge in [-0.15, -0.1) is 0 Å². The second-order valence-corrected chi connectivity index (χ2v) is 5.00. The fraction of sp³-hybridized carbons (Fsp3) is 0.455. The van der Waals surface area contributed by atoms with Gasteiger partial charge in [0.25, 0.3) is 0 Å². The molecule has 0 unspecified atom stereocenters. The van der Waals surface area contributed by atoms with Gasteiger partial charge in [0.1, 0.15) is 5.82 Å². The maximum Gasteiger partial charge on any atom is 0.223 e. The first-order valence-electron chi connectivity index (χ1n) is 5.59. The van der Waals surface area contributed by atoms with E-state index in [1.54, 1.807) is 12.3 Å². The van der Waals surface area contributed by atoms with Gasteiger partial charge in [-0.05, 0) is 34.8 Å². The van der Waals surface area contributed by atoms with Crippen LogP contribution in [0.2, 0.25) is 0 Å². The highest BCUT2D eigenvalue weighted by atomic mass is 79.9. The van der Waals surface area contributed by atoms with Crippen LogP contribution in [-0.2, 0) is 4.79 Å². The summed E-state index contributed by atoms with van der Waals surface area (Å²) in [6.07, 6.45) is 3.74. The lowest BCUT2D eigenvalue weighted by Gasteiger charge is -2.09. The number of pyridine rings is 1. The third kappa shape index (κ3) is 3.59. The van der Waals surface area contributed by atoms with E-state index in [9.17, 15) is 4.79 Å². The molecule has 92 valence electrons. The zero-order chi connectivity index (χ0) is 12.3. The molecule has 4 N–H and O–H groups in total. The molecule has 0 radical (unpaired) electrons. The molecule has 0 bridgehead atoms. The summed E-state index contributed by atoms with van der Waals surface area (Å²) in [4.78, 5) is 15.5. The van der Waals surface area contributed by atoms with Gasteiger partial charge in [0.2, 0.25) is 5.91 Å². The van der Waals surface area contributed by atoms with Crippen molar-refractivity contribution < 1.29 is 4.79 Å². The molecule has 0 aliphatic heterocycles. The monoisotopic (exact) mass is 298 g/mol. The molecule has 1 amide bonds. The van der Waals surface area contributed by atoms with Crippen LogP contribution < -0.4 is 16.4 Å². The summed E-state index contributed by atoms with van der Waals surface area (Å²) >= 11 is 3.29. The maximum atomic E-state index is 11.3. The van der Waals surface area contributed by atoms with Crippen molar-refractivity contribution in [1.82, 2.24) is 10.3 Å². The molecular weight excluding hydrogens is 284 g/mol. The van der Waals surface area contributed by atoms with Crippen LogP contribution in [0, 0.1) is 5.92 Å². The molecule has 5 nitrogen and oxygen atoms in total. The lowest BCUT2D eigenvalue weighted by molar-refractivity contribution is -0.122. The number of nitrogens with zero attached hydrogens (tertiary/aromatic N) is 1. The molecule has 0 spiro atoms. The van der Waals surface area contributed by atoms with Gasteiger partial charge in [0, 0.05) is 29.7 Å². The van der Waals surface area contributed by atoms with Crippen LogP contribution in [0.4, 0.5) is 11.5 Å². The molecule has 0 atom stereocenters. The number of carbonyl (C=O) groups is 1. The number of anilines is 2. The molecule has 1 aliphatic carbocycles. The second-order valence-electron chi connectivity index (χ2n) is 4.08. The summed E-state index contributed by atoms with van der Waals surface area (Å²) in [5, 5.41) is 5.95. The number of halogens is 1. The molecule has 17 heavy (non-hydrogen) atoms. The number of nitrogen functional groups attached to an aromatic ring is 1. The zero-order valence-corrected chi connectivity index (χ0v) is 11.0. The quantitative estimate of drug-likeness (QED) is 0.717. The van der Waals surface area contributed by atoms with Crippen LogP contribution in [-0.4, -0.2) is 24.0 Å². The smallest absolute Gasteiger partial charge is 0.223 e. The second kappa shape index (κ2) is 5.35. The van der Waals surface area contributed by atoms with Gasteiger partial charge in [-0.1, -0.05) is 0 Å². The van der Waals surface area contributed by atoms with Gasteiger partial charge in [0.15, 0.2) is 0 Å². The number of nitrogens with one attached hydrogen (secondary N) is 2. The van der Waals surface area contributed by atoms with Gasteiger partial charge in [0.05, 0.1) is 5.69 Å². The van der Waals surface area contributed by atoms with E-state index < -0.39 is 0 Å². The van der Waals surface area contributed by atoms with Crippen LogP contribution in [0.3, 0.4) is 0 Å². The minimum Gasteiger partial charge on any atom is -0.396 e. The van der Waals surface area contributed by atoms with Crippen molar-refractivity contribution in [3.8, 4) is 0 Å². The summed E-state index contributed by atoms with van der Waals surface area (Å²) in [7, 11) is 0. The fourth-order valence-corrected chi connectivity index (χ4v) is 1.81. The summed E-state index contributed by atoms with van der Waals surface area (Å²) < 4.78 is 0.850. The summed E-state index contributed by atoms with van der Waals surface area (Å²) in [5.41, 5.74) is 6.37. The third-order valence-electron chi connectivity index (χ3n) is 2.55. The average molecular weight is 299 g/mol.